The maximum absolute atomic E-state index is 11.8. The maximum atomic E-state index is 11.8. The Kier molecular flexibility index (Phi) is 27.9. The van der Waals surface area contributed by atoms with Crippen LogP contribution in [0.1, 0.15) is 81.1 Å². The molecule has 0 aliphatic heterocycles. The second-order valence-electron chi connectivity index (χ2n) is 6.21. The molecule has 1 atom stereocenters. The van der Waals surface area contributed by atoms with E-state index < -0.39 is 23.2 Å². The summed E-state index contributed by atoms with van der Waals surface area (Å²) < 4.78 is 4.64. The largest absolute Gasteiger partial charge is 0.456 e. The van der Waals surface area contributed by atoms with E-state index in [1.807, 2.05) is 62.3 Å². The van der Waals surface area contributed by atoms with Crippen LogP contribution in [0.15, 0.2) is 0 Å². The van der Waals surface area contributed by atoms with Gasteiger partial charge in [-0.15, -0.1) is 0 Å². The van der Waals surface area contributed by atoms with Crippen LogP contribution in [-0.2, 0) is 19.1 Å². The molecule has 1 unspecified atom stereocenters. The molecule has 0 fully saturated rings. The third-order valence-corrected chi connectivity index (χ3v) is 4.33. The number of carbonyl (C=O) groups excluding carboxylic acids is 4. The summed E-state index contributed by atoms with van der Waals surface area (Å²) in [5, 5.41) is 21.0. The Morgan fingerprint density at radius 2 is 1.43 bits per heavy atom. The van der Waals surface area contributed by atoms with Crippen molar-refractivity contribution in [1.82, 2.24) is 5.32 Å². The molecule has 35 heavy (non-hydrogen) atoms. The van der Waals surface area contributed by atoms with E-state index in [-0.39, 0.29) is 19.8 Å². The molecule has 10 heteroatoms. The van der Waals surface area contributed by atoms with Crippen LogP contribution < -0.4 is 10.6 Å². The first-order valence-corrected chi connectivity index (χ1v) is 12.0. The zero-order valence-corrected chi connectivity index (χ0v) is 23.8. The van der Waals surface area contributed by atoms with Gasteiger partial charge in [0.1, 0.15) is 0 Å². The number of hydrogen-bond donors (Lipinski definition) is 4. The average molecular weight is 521 g/mol. The molecule has 0 bridgehead atoms. The van der Waals surface area contributed by atoms with E-state index in [4.69, 9.17) is 21.8 Å². The molecular formula is C25H45ClN2O7. The molecule has 1 aromatic carbocycles. The predicted molar refractivity (Wildman–Crippen MR) is 142 cm³/mol. The Morgan fingerprint density at radius 3 is 1.80 bits per heavy atom. The van der Waals surface area contributed by atoms with Crippen LogP contribution in [0.2, 0.25) is 0 Å². The molecule has 1 aromatic rings. The van der Waals surface area contributed by atoms with Gasteiger partial charge in [0.05, 0.1) is 12.7 Å². The van der Waals surface area contributed by atoms with Gasteiger partial charge >= 0.3 is 5.97 Å². The van der Waals surface area contributed by atoms with Gasteiger partial charge < -0.3 is 25.6 Å². The van der Waals surface area contributed by atoms with Crippen molar-refractivity contribution in [2.24, 2.45) is 0 Å². The van der Waals surface area contributed by atoms with Gasteiger partial charge in [-0.05, 0) is 61.5 Å². The summed E-state index contributed by atoms with van der Waals surface area (Å²) >= 11 is 5.63. The minimum Gasteiger partial charge on any atom is -0.456 e. The van der Waals surface area contributed by atoms with E-state index in [2.05, 4.69) is 15.4 Å². The predicted octanol–water partition coefficient (Wildman–Crippen LogP) is 3.97. The van der Waals surface area contributed by atoms with Crippen LogP contribution in [0, 0.1) is 27.7 Å². The summed E-state index contributed by atoms with van der Waals surface area (Å²) in [5.74, 6) is -0.997. The topological polar surface area (TPSA) is 142 Å². The molecule has 0 aromatic heterocycles. The van der Waals surface area contributed by atoms with Crippen molar-refractivity contribution >= 4 is 40.8 Å². The lowest BCUT2D eigenvalue weighted by molar-refractivity contribution is -0.144. The van der Waals surface area contributed by atoms with Crippen molar-refractivity contribution < 1.29 is 34.1 Å². The lowest BCUT2D eigenvalue weighted by Gasteiger charge is -2.19. The van der Waals surface area contributed by atoms with Crippen LogP contribution in [0.5, 0.6) is 0 Å². The Balaban J connectivity index is -0.000000287. The molecule has 204 valence electrons. The second-order valence-corrected chi connectivity index (χ2v) is 6.56. The number of benzene rings is 1. The quantitative estimate of drug-likeness (QED) is 0.231. The van der Waals surface area contributed by atoms with Crippen molar-refractivity contribution in [1.29, 1.82) is 0 Å². The molecule has 0 saturated carbocycles. The molecule has 2 amide bonds. The summed E-state index contributed by atoms with van der Waals surface area (Å²) in [6.45, 7) is 19.9. The maximum Gasteiger partial charge on any atom is 0.303 e. The molecular weight excluding hydrogens is 476 g/mol. The molecule has 1 rings (SSSR count). The fourth-order valence-corrected chi connectivity index (χ4v) is 2.70. The first-order valence-electron chi connectivity index (χ1n) is 11.7. The van der Waals surface area contributed by atoms with Crippen molar-refractivity contribution in [3.05, 3.63) is 27.8 Å². The van der Waals surface area contributed by atoms with Gasteiger partial charge in [-0.25, -0.2) is 0 Å². The lowest BCUT2D eigenvalue weighted by Crippen LogP contribution is -2.28. The molecule has 0 aliphatic rings. The van der Waals surface area contributed by atoms with Crippen LogP contribution in [0.25, 0.3) is 0 Å². The van der Waals surface area contributed by atoms with E-state index in [1.54, 1.807) is 6.92 Å². The second kappa shape index (κ2) is 24.6. The number of aliphatic hydroxyl groups excluding tert-OH is 2. The highest BCUT2D eigenvalue weighted by molar-refractivity contribution is 6.68. The van der Waals surface area contributed by atoms with Gasteiger partial charge in [0.15, 0.2) is 6.61 Å². The zero-order valence-electron chi connectivity index (χ0n) is 23.1. The van der Waals surface area contributed by atoms with Gasteiger partial charge in [0.2, 0.25) is 6.41 Å². The Labute approximate surface area is 215 Å². The number of carbonyl (C=O) groups is 4. The van der Waals surface area contributed by atoms with E-state index >= 15 is 0 Å². The monoisotopic (exact) mass is 520 g/mol. The summed E-state index contributed by atoms with van der Waals surface area (Å²) in [6.07, 6.45) is -0.362. The number of rotatable bonds is 8. The molecule has 9 nitrogen and oxygen atoms in total. The highest BCUT2D eigenvalue weighted by Crippen LogP contribution is 2.31. The van der Waals surface area contributed by atoms with Crippen molar-refractivity contribution in [2.75, 3.05) is 25.1 Å². The SMILES string of the molecule is CC.CC.CC.CC(=O)OCC(=O)Nc1c(C)c(C)c(C)c(C(=O)Cl)c1C.O=CNCC(O)CO. The summed E-state index contributed by atoms with van der Waals surface area (Å²) in [7, 11) is 0. The van der Waals surface area contributed by atoms with E-state index in [0.717, 1.165) is 16.7 Å². The van der Waals surface area contributed by atoms with Crippen LogP contribution in [0.4, 0.5) is 5.69 Å². The van der Waals surface area contributed by atoms with Gasteiger partial charge in [-0.1, -0.05) is 41.5 Å². The first-order chi connectivity index (χ1) is 16.5. The van der Waals surface area contributed by atoms with Gasteiger partial charge in [-0.3, -0.25) is 19.2 Å². The molecule has 0 heterocycles. The molecule has 0 radical (unpaired) electrons. The van der Waals surface area contributed by atoms with Crippen molar-refractivity contribution in [2.45, 2.75) is 82.3 Å². The third kappa shape index (κ3) is 16.7. The van der Waals surface area contributed by atoms with E-state index in [9.17, 15) is 19.2 Å². The number of esters is 1. The number of nitrogens with one attached hydrogen (secondary N) is 2. The Bertz CT molecular complexity index is 769. The normalized spacial score (nSPS) is 9.54. The van der Waals surface area contributed by atoms with E-state index in [1.165, 1.54) is 6.92 Å². The van der Waals surface area contributed by atoms with E-state index in [0.29, 0.717) is 23.2 Å². The number of aliphatic hydroxyl groups is 2. The van der Waals surface area contributed by atoms with Crippen LogP contribution in [0.3, 0.4) is 0 Å². The number of anilines is 1. The number of halogens is 1. The van der Waals surface area contributed by atoms with Gasteiger partial charge in [-0.2, -0.15) is 0 Å². The molecule has 0 saturated heterocycles. The van der Waals surface area contributed by atoms with Crippen molar-refractivity contribution in [3.63, 3.8) is 0 Å². The average Bonchev–Trinajstić information content (AvgIpc) is 2.86. The first kappa shape index (κ1) is 39.7. The molecule has 4 N–H and O–H groups in total. The van der Waals surface area contributed by atoms with Gasteiger partial charge in [0, 0.05) is 24.7 Å². The highest BCUT2D eigenvalue weighted by atomic mass is 35.5. The fraction of sp³-hybridized carbons (Fsp3) is 0.600. The number of ether oxygens (including phenoxy) is 1. The number of amides is 2. The highest BCUT2D eigenvalue weighted by Gasteiger charge is 2.20. The smallest absolute Gasteiger partial charge is 0.303 e. The lowest BCUT2D eigenvalue weighted by atomic mass is 9.92. The molecule has 0 aliphatic carbocycles. The zero-order chi connectivity index (χ0) is 28.7. The molecule has 0 spiro atoms. The van der Waals surface area contributed by atoms with Crippen LogP contribution in [-0.4, -0.2) is 59.6 Å². The standard InChI is InChI=1S/C15H18ClNO4.C4H9NO3.3C2H6/c1-7-8(2)13(15(16)20)10(4)14(9(7)3)17-12(19)6-21-11(5)18;6-2-4(8)1-5-3-7;3*1-2/h6H2,1-5H3,(H,17,19);3-4,6,8H,1-2H2,(H,5,7);3*1-2H3. The van der Waals surface area contributed by atoms with Crippen molar-refractivity contribution in [3.8, 4) is 0 Å². The summed E-state index contributed by atoms with van der Waals surface area (Å²) in [5.41, 5.74) is 4.05. The Morgan fingerprint density at radius 1 is 0.943 bits per heavy atom. The number of hydrogen-bond acceptors (Lipinski definition) is 7. The third-order valence-electron chi connectivity index (χ3n) is 4.14. The Hall–Kier alpha value is -2.49. The summed E-state index contributed by atoms with van der Waals surface area (Å²) in [6, 6.07) is 0. The van der Waals surface area contributed by atoms with Gasteiger partial charge in [0.25, 0.3) is 11.1 Å². The fourth-order valence-electron chi connectivity index (χ4n) is 2.42. The minimum atomic E-state index is -0.833. The minimum absolute atomic E-state index is 0.111. The van der Waals surface area contributed by atoms with Crippen LogP contribution >= 0.6 is 11.6 Å². The summed E-state index contributed by atoms with van der Waals surface area (Å²) in [4.78, 5) is 43.6.